The summed E-state index contributed by atoms with van der Waals surface area (Å²) < 4.78 is 7.48. The molecule has 0 aliphatic carbocycles. The Hall–Kier alpha value is -1.79. The molecule has 5 nitrogen and oxygen atoms in total. The van der Waals surface area contributed by atoms with Crippen LogP contribution in [0.2, 0.25) is 10.0 Å². The molecular weight excluding hydrogens is 383 g/mol. The van der Waals surface area contributed by atoms with Gasteiger partial charge in [-0.25, -0.2) is 0 Å². The smallest absolute Gasteiger partial charge is 0.125 e. The molecule has 0 unspecified atom stereocenters. The van der Waals surface area contributed by atoms with Crippen molar-refractivity contribution < 1.29 is 4.74 Å². The van der Waals surface area contributed by atoms with E-state index in [9.17, 15) is 0 Å². The van der Waals surface area contributed by atoms with E-state index in [0.717, 1.165) is 36.1 Å². The second-order valence-electron chi connectivity index (χ2n) is 6.80. The van der Waals surface area contributed by atoms with Crippen LogP contribution in [0.5, 0.6) is 0 Å². The van der Waals surface area contributed by atoms with Crippen molar-refractivity contribution in [2.45, 2.75) is 19.2 Å². The monoisotopic (exact) mass is 404 g/mol. The number of aromatic nitrogens is 2. The molecule has 4 rings (SSSR count). The van der Waals surface area contributed by atoms with Crippen molar-refractivity contribution in [1.29, 1.82) is 0 Å². The molecule has 1 fully saturated rings. The normalized spacial score (nSPS) is 18.8. The van der Waals surface area contributed by atoms with Crippen molar-refractivity contribution >= 4 is 39.8 Å². The summed E-state index contributed by atoms with van der Waals surface area (Å²) in [6, 6.07) is 12.1. The SMILES string of the molecule is CO[C@H]1CN(c2ccc3cnn([C@H](C)c4ccc(Cl)cc4Cl)c3c2)CCN1. The number of anilines is 1. The van der Waals surface area contributed by atoms with Crippen LogP contribution in [0.25, 0.3) is 10.9 Å². The molecule has 1 aliphatic rings. The van der Waals surface area contributed by atoms with Crippen molar-refractivity contribution in [3.8, 4) is 0 Å². The maximum atomic E-state index is 6.42. The van der Waals surface area contributed by atoms with Gasteiger partial charge in [-0.1, -0.05) is 29.3 Å². The molecule has 3 aromatic rings. The van der Waals surface area contributed by atoms with Crippen LogP contribution < -0.4 is 10.2 Å². The molecule has 2 atom stereocenters. The Morgan fingerprint density at radius 3 is 2.85 bits per heavy atom. The summed E-state index contributed by atoms with van der Waals surface area (Å²) in [5.74, 6) is 0. The van der Waals surface area contributed by atoms with Gasteiger partial charge in [0.2, 0.25) is 0 Å². The third-order valence-corrected chi connectivity index (χ3v) is 5.71. The van der Waals surface area contributed by atoms with Gasteiger partial charge < -0.3 is 9.64 Å². The van der Waals surface area contributed by atoms with Crippen LogP contribution in [-0.2, 0) is 4.74 Å². The summed E-state index contributed by atoms with van der Waals surface area (Å²) >= 11 is 12.5. The van der Waals surface area contributed by atoms with Crippen molar-refractivity contribution in [2.24, 2.45) is 0 Å². The molecule has 7 heteroatoms. The minimum absolute atomic E-state index is 0.00253. The maximum absolute atomic E-state index is 6.42. The van der Waals surface area contributed by atoms with E-state index in [4.69, 9.17) is 27.9 Å². The zero-order valence-corrected chi connectivity index (χ0v) is 16.8. The molecule has 0 saturated carbocycles. The van der Waals surface area contributed by atoms with Gasteiger partial charge in [-0.05, 0) is 42.8 Å². The zero-order chi connectivity index (χ0) is 19.0. The van der Waals surface area contributed by atoms with E-state index in [2.05, 4.69) is 40.4 Å². The predicted molar refractivity (Wildman–Crippen MR) is 111 cm³/mol. The molecule has 1 N–H and O–H groups in total. The molecule has 0 amide bonds. The molecule has 0 bridgehead atoms. The number of piperazine rings is 1. The first-order valence-corrected chi connectivity index (χ1v) is 9.76. The van der Waals surface area contributed by atoms with E-state index in [1.54, 1.807) is 13.2 Å². The fourth-order valence-corrected chi connectivity index (χ4v) is 4.18. The van der Waals surface area contributed by atoms with E-state index in [-0.39, 0.29) is 12.3 Å². The van der Waals surface area contributed by atoms with E-state index in [1.807, 2.05) is 23.0 Å². The second kappa shape index (κ2) is 7.68. The third kappa shape index (κ3) is 3.65. The van der Waals surface area contributed by atoms with E-state index in [1.165, 1.54) is 5.69 Å². The average molecular weight is 405 g/mol. The number of rotatable bonds is 4. The van der Waals surface area contributed by atoms with Gasteiger partial charge in [0, 0.05) is 41.3 Å². The topological polar surface area (TPSA) is 42.3 Å². The van der Waals surface area contributed by atoms with Crippen molar-refractivity contribution in [3.63, 3.8) is 0 Å². The van der Waals surface area contributed by atoms with Gasteiger partial charge in [0.05, 0.1) is 24.3 Å². The van der Waals surface area contributed by atoms with Crippen molar-refractivity contribution in [2.75, 3.05) is 31.6 Å². The lowest BCUT2D eigenvalue weighted by Crippen LogP contribution is -2.51. The first-order chi connectivity index (χ1) is 13.1. The van der Waals surface area contributed by atoms with Crippen LogP contribution in [0.1, 0.15) is 18.5 Å². The van der Waals surface area contributed by atoms with Crippen LogP contribution in [0.15, 0.2) is 42.6 Å². The van der Waals surface area contributed by atoms with Crippen LogP contribution in [0.4, 0.5) is 5.69 Å². The van der Waals surface area contributed by atoms with Crippen LogP contribution in [0.3, 0.4) is 0 Å². The van der Waals surface area contributed by atoms with Crippen molar-refractivity contribution in [1.82, 2.24) is 15.1 Å². The lowest BCUT2D eigenvalue weighted by atomic mass is 10.1. The Labute approximate surface area is 168 Å². The number of ether oxygens (including phenoxy) is 1. The number of hydrogen-bond donors (Lipinski definition) is 1. The highest BCUT2D eigenvalue weighted by molar-refractivity contribution is 6.35. The summed E-state index contributed by atoms with van der Waals surface area (Å²) in [6.45, 7) is 4.75. The molecule has 1 saturated heterocycles. The summed E-state index contributed by atoms with van der Waals surface area (Å²) in [5, 5.41) is 10.4. The lowest BCUT2D eigenvalue weighted by Gasteiger charge is -2.34. The number of hydrogen-bond acceptors (Lipinski definition) is 4. The third-order valence-electron chi connectivity index (χ3n) is 5.15. The molecule has 1 aromatic heterocycles. The second-order valence-corrected chi connectivity index (χ2v) is 7.64. The van der Waals surface area contributed by atoms with E-state index < -0.39 is 0 Å². The Balaban J connectivity index is 1.70. The predicted octanol–water partition coefficient (Wildman–Crippen LogP) is 4.33. The average Bonchev–Trinajstić information content (AvgIpc) is 3.11. The summed E-state index contributed by atoms with van der Waals surface area (Å²) in [7, 11) is 1.73. The highest BCUT2D eigenvalue weighted by Crippen LogP contribution is 2.31. The number of nitrogens with one attached hydrogen (secondary N) is 1. The van der Waals surface area contributed by atoms with Gasteiger partial charge in [0.15, 0.2) is 0 Å². The largest absolute Gasteiger partial charge is 0.366 e. The number of halogens is 2. The minimum atomic E-state index is -0.00253. The quantitative estimate of drug-likeness (QED) is 0.702. The molecule has 142 valence electrons. The van der Waals surface area contributed by atoms with Gasteiger partial charge in [-0.15, -0.1) is 0 Å². The minimum Gasteiger partial charge on any atom is -0.366 e. The Morgan fingerprint density at radius 2 is 2.07 bits per heavy atom. The lowest BCUT2D eigenvalue weighted by molar-refractivity contribution is 0.0706. The fraction of sp³-hybridized carbons (Fsp3) is 0.350. The summed E-state index contributed by atoms with van der Waals surface area (Å²) in [4.78, 5) is 2.33. The molecule has 0 spiro atoms. The van der Waals surface area contributed by atoms with Crippen LogP contribution in [-0.4, -0.2) is 42.8 Å². The van der Waals surface area contributed by atoms with Crippen molar-refractivity contribution in [3.05, 3.63) is 58.2 Å². The Kier molecular flexibility index (Phi) is 5.28. The van der Waals surface area contributed by atoms with Crippen LogP contribution >= 0.6 is 23.2 Å². The zero-order valence-electron chi connectivity index (χ0n) is 15.3. The molecular formula is C20H22Cl2N4O. The van der Waals surface area contributed by atoms with Gasteiger partial charge >= 0.3 is 0 Å². The fourth-order valence-electron chi connectivity index (χ4n) is 3.61. The number of fused-ring (bicyclic) bond motifs is 1. The first kappa shape index (κ1) is 18.6. The highest BCUT2D eigenvalue weighted by atomic mass is 35.5. The van der Waals surface area contributed by atoms with E-state index in [0.29, 0.717) is 10.0 Å². The van der Waals surface area contributed by atoms with Gasteiger partial charge in [-0.3, -0.25) is 10.00 Å². The number of methoxy groups -OCH3 is 1. The number of benzene rings is 2. The number of nitrogens with zero attached hydrogens (tertiary/aromatic N) is 3. The molecule has 0 radical (unpaired) electrons. The highest BCUT2D eigenvalue weighted by Gasteiger charge is 2.21. The van der Waals surface area contributed by atoms with Gasteiger partial charge in [0.25, 0.3) is 0 Å². The van der Waals surface area contributed by atoms with Gasteiger partial charge in [-0.2, -0.15) is 5.10 Å². The Morgan fingerprint density at radius 1 is 1.22 bits per heavy atom. The molecule has 1 aliphatic heterocycles. The Bertz CT molecular complexity index is 958. The molecule has 2 aromatic carbocycles. The van der Waals surface area contributed by atoms with Crippen LogP contribution in [0, 0.1) is 0 Å². The standard InChI is InChI=1S/C20H22Cl2N4O/c1-13(17-6-4-15(21)9-18(17)22)26-19-10-16(5-3-14(19)11-24-26)25-8-7-23-20(12-25)27-2/h3-6,9-11,13,20,23H,7-8,12H2,1-2H3/t13-,20+/m1/s1. The molecule has 27 heavy (non-hydrogen) atoms. The van der Waals surface area contributed by atoms with E-state index >= 15 is 0 Å². The summed E-state index contributed by atoms with van der Waals surface area (Å²) in [5.41, 5.74) is 3.25. The first-order valence-electron chi connectivity index (χ1n) is 9.00. The maximum Gasteiger partial charge on any atom is 0.125 e. The summed E-state index contributed by atoms with van der Waals surface area (Å²) in [6.07, 6.45) is 1.95. The van der Waals surface area contributed by atoms with Gasteiger partial charge in [0.1, 0.15) is 6.23 Å². The molecule has 2 heterocycles.